The van der Waals surface area contributed by atoms with Gasteiger partial charge < -0.3 is 14.8 Å². The molecule has 0 fully saturated rings. The summed E-state index contributed by atoms with van der Waals surface area (Å²) in [5.74, 6) is 0.130. The van der Waals surface area contributed by atoms with E-state index in [4.69, 9.17) is 9.47 Å². The lowest BCUT2D eigenvalue weighted by molar-refractivity contribution is 0.102. The van der Waals surface area contributed by atoms with Crippen molar-refractivity contribution in [1.29, 1.82) is 0 Å². The molecule has 116 valence electrons. The molecular formula is C17H18FNO3. The van der Waals surface area contributed by atoms with Crippen LogP contribution in [0, 0.1) is 12.7 Å². The van der Waals surface area contributed by atoms with E-state index in [9.17, 15) is 9.18 Å². The molecule has 22 heavy (non-hydrogen) atoms. The van der Waals surface area contributed by atoms with E-state index in [2.05, 4.69) is 5.32 Å². The number of halogens is 1. The number of nitrogens with one attached hydrogen (secondary N) is 1. The van der Waals surface area contributed by atoms with Crippen LogP contribution in [0.3, 0.4) is 0 Å². The van der Waals surface area contributed by atoms with Gasteiger partial charge in [-0.1, -0.05) is 6.07 Å². The summed E-state index contributed by atoms with van der Waals surface area (Å²) in [6, 6.07) is 9.38. The van der Waals surface area contributed by atoms with Crippen LogP contribution < -0.4 is 14.8 Å². The van der Waals surface area contributed by atoms with Crippen LogP contribution in [-0.2, 0) is 0 Å². The van der Waals surface area contributed by atoms with Crippen LogP contribution in [0.1, 0.15) is 22.8 Å². The zero-order chi connectivity index (χ0) is 16.1. The number of anilines is 1. The fraction of sp³-hybridized carbons (Fsp3) is 0.235. The monoisotopic (exact) mass is 303 g/mol. The summed E-state index contributed by atoms with van der Waals surface area (Å²) in [5, 5.41) is 2.56. The van der Waals surface area contributed by atoms with E-state index in [1.165, 1.54) is 13.2 Å². The number of methoxy groups -OCH3 is 1. The van der Waals surface area contributed by atoms with E-state index in [-0.39, 0.29) is 5.69 Å². The Morgan fingerprint density at radius 3 is 2.64 bits per heavy atom. The number of carbonyl (C=O) groups excluding carboxylic acids is 1. The first-order valence-electron chi connectivity index (χ1n) is 6.93. The van der Waals surface area contributed by atoms with Crippen LogP contribution in [0.5, 0.6) is 11.5 Å². The molecular weight excluding hydrogens is 285 g/mol. The number of carbonyl (C=O) groups is 1. The smallest absolute Gasteiger partial charge is 0.255 e. The lowest BCUT2D eigenvalue weighted by Crippen LogP contribution is -2.13. The summed E-state index contributed by atoms with van der Waals surface area (Å²) in [5.41, 5.74) is 1.38. The number of benzene rings is 2. The van der Waals surface area contributed by atoms with Gasteiger partial charge in [0, 0.05) is 5.56 Å². The van der Waals surface area contributed by atoms with E-state index in [1.807, 2.05) is 13.8 Å². The van der Waals surface area contributed by atoms with Gasteiger partial charge in [0.15, 0.2) is 11.5 Å². The first-order valence-corrected chi connectivity index (χ1v) is 6.93. The number of aryl methyl sites for hydroxylation is 1. The molecule has 0 radical (unpaired) electrons. The zero-order valence-electron chi connectivity index (χ0n) is 12.8. The van der Waals surface area contributed by atoms with Gasteiger partial charge in [0.05, 0.1) is 19.4 Å². The summed E-state index contributed by atoms with van der Waals surface area (Å²) in [4.78, 5) is 12.2. The molecule has 0 saturated heterocycles. The predicted octanol–water partition coefficient (Wildman–Crippen LogP) is 3.79. The Hall–Kier alpha value is -2.56. The number of ether oxygens (including phenoxy) is 2. The maximum absolute atomic E-state index is 13.7. The average molecular weight is 303 g/mol. The van der Waals surface area contributed by atoms with E-state index in [0.29, 0.717) is 23.7 Å². The van der Waals surface area contributed by atoms with Crippen molar-refractivity contribution in [3.05, 3.63) is 53.3 Å². The fourth-order valence-corrected chi connectivity index (χ4v) is 2.01. The first kappa shape index (κ1) is 15.8. The second-order valence-corrected chi connectivity index (χ2v) is 4.74. The van der Waals surface area contributed by atoms with Crippen molar-refractivity contribution in [3.8, 4) is 11.5 Å². The normalized spacial score (nSPS) is 10.2. The highest BCUT2D eigenvalue weighted by Crippen LogP contribution is 2.28. The van der Waals surface area contributed by atoms with Crippen LogP contribution in [0.15, 0.2) is 36.4 Å². The van der Waals surface area contributed by atoms with Crippen molar-refractivity contribution < 1.29 is 18.7 Å². The Bertz CT molecular complexity index is 686. The van der Waals surface area contributed by atoms with Gasteiger partial charge in [-0.05, 0) is 49.7 Å². The minimum absolute atomic E-state index is 0.151. The van der Waals surface area contributed by atoms with Crippen LogP contribution in [0.4, 0.5) is 10.1 Å². The Morgan fingerprint density at radius 1 is 1.18 bits per heavy atom. The third-order valence-corrected chi connectivity index (χ3v) is 3.10. The third kappa shape index (κ3) is 3.55. The highest BCUT2D eigenvalue weighted by Gasteiger charge is 2.13. The highest BCUT2D eigenvalue weighted by atomic mass is 19.1. The van der Waals surface area contributed by atoms with Gasteiger partial charge in [-0.15, -0.1) is 0 Å². The number of hydrogen-bond acceptors (Lipinski definition) is 3. The number of amides is 1. The first-order chi connectivity index (χ1) is 10.5. The van der Waals surface area contributed by atoms with Crippen molar-refractivity contribution in [1.82, 2.24) is 0 Å². The van der Waals surface area contributed by atoms with E-state index in [0.717, 1.165) is 5.56 Å². The molecule has 2 rings (SSSR count). The van der Waals surface area contributed by atoms with Gasteiger partial charge in [0.1, 0.15) is 5.82 Å². The average Bonchev–Trinajstić information content (AvgIpc) is 2.51. The van der Waals surface area contributed by atoms with Crippen molar-refractivity contribution in [2.24, 2.45) is 0 Å². The summed E-state index contributed by atoms with van der Waals surface area (Å²) in [6.45, 7) is 4.19. The molecule has 0 unspecified atom stereocenters. The van der Waals surface area contributed by atoms with Gasteiger partial charge in [-0.25, -0.2) is 4.39 Å². The zero-order valence-corrected chi connectivity index (χ0v) is 12.8. The molecule has 0 heterocycles. The Labute approximate surface area is 128 Å². The van der Waals surface area contributed by atoms with Gasteiger partial charge in [0.25, 0.3) is 5.91 Å². The van der Waals surface area contributed by atoms with Crippen molar-refractivity contribution >= 4 is 11.6 Å². The second kappa shape index (κ2) is 6.93. The van der Waals surface area contributed by atoms with E-state index in [1.54, 1.807) is 30.3 Å². The molecule has 0 bridgehead atoms. The minimum Gasteiger partial charge on any atom is -0.493 e. The molecule has 0 aliphatic heterocycles. The molecule has 0 aliphatic rings. The molecule has 0 saturated carbocycles. The molecule has 4 nitrogen and oxygen atoms in total. The summed E-state index contributed by atoms with van der Waals surface area (Å²) < 4.78 is 24.3. The molecule has 0 atom stereocenters. The van der Waals surface area contributed by atoms with Crippen LogP contribution in [0.25, 0.3) is 0 Å². The highest BCUT2D eigenvalue weighted by molar-refractivity contribution is 6.04. The fourth-order valence-electron chi connectivity index (χ4n) is 2.01. The van der Waals surface area contributed by atoms with Crippen LogP contribution in [0.2, 0.25) is 0 Å². The maximum Gasteiger partial charge on any atom is 0.255 e. The molecule has 0 aromatic heterocycles. The Morgan fingerprint density at radius 2 is 1.95 bits per heavy atom. The predicted molar refractivity (Wildman–Crippen MR) is 83.3 cm³/mol. The molecule has 0 spiro atoms. The Kier molecular flexibility index (Phi) is 4.99. The Balaban J connectivity index is 2.24. The molecule has 2 aromatic carbocycles. The standard InChI is InChI=1S/C17H18FNO3/c1-4-22-15-8-6-12(10-16(15)21-3)17(20)19-14-9-11(2)5-7-13(14)18/h5-10H,4H2,1-3H3,(H,19,20). The largest absolute Gasteiger partial charge is 0.493 e. The lowest BCUT2D eigenvalue weighted by atomic mass is 10.1. The van der Waals surface area contributed by atoms with Crippen molar-refractivity contribution in [2.45, 2.75) is 13.8 Å². The van der Waals surface area contributed by atoms with Crippen LogP contribution in [-0.4, -0.2) is 19.6 Å². The molecule has 1 amide bonds. The lowest BCUT2D eigenvalue weighted by Gasteiger charge is -2.11. The summed E-state index contributed by atoms with van der Waals surface area (Å²) in [7, 11) is 1.50. The maximum atomic E-state index is 13.7. The number of hydrogen-bond donors (Lipinski definition) is 1. The van der Waals surface area contributed by atoms with E-state index >= 15 is 0 Å². The second-order valence-electron chi connectivity index (χ2n) is 4.74. The third-order valence-electron chi connectivity index (χ3n) is 3.10. The van der Waals surface area contributed by atoms with Gasteiger partial charge in [0.2, 0.25) is 0 Å². The molecule has 1 N–H and O–H groups in total. The van der Waals surface area contributed by atoms with Crippen molar-refractivity contribution in [2.75, 3.05) is 19.0 Å². The molecule has 5 heteroatoms. The summed E-state index contributed by atoms with van der Waals surface area (Å²) in [6.07, 6.45) is 0. The quantitative estimate of drug-likeness (QED) is 0.914. The van der Waals surface area contributed by atoms with Crippen molar-refractivity contribution in [3.63, 3.8) is 0 Å². The SMILES string of the molecule is CCOc1ccc(C(=O)Nc2cc(C)ccc2F)cc1OC. The topological polar surface area (TPSA) is 47.6 Å². The van der Waals surface area contributed by atoms with E-state index < -0.39 is 11.7 Å². The minimum atomic E-state index is -0.475. The number of rotatable bonds is 5. The molecule has 2 aromatic rings. The van der Waals surface area contributed by atoms with Crippen LogP contribution >= 0.6 is 0 Å². The van der Waals surface area contributed by atoms with Gasteiger partial charge in [-0.3, -0.25) is 4.79 Å². The van der Waals surface area contributed by atoms with Gasteiger partial charge >= 0.3 is 0 Å². The molecule has 0 aliphatic carbocycles. The summed E-state index contributed by atoms with van der Waals surface area (Å²) >= 11 is 0. The van der Waals surface area contributed by atoms with Gasteiger partial charge in [-0.2, -0.15) is 0 Å².